The van der Waals surface area contributed by atoms with Crippen molar-refractivity contribution in [3.8, 4) is 0 Å². The Kier molecular flexibility index (Phi) is 4.69. The van der Waals surface area contributed by atoms with Crippen molar-refractivity contribution in [2.75, 3.05) is 0 Å². The normalized spacial score (nSPS) is 16.3. The Balaban J connectivity index is 2.04. The zero-order chi connectivity index (χ0) is 14.7. The van der Waals surface area contributed by atoms with Crippen LogP contribution in [-0.4, -0.2) is 12.1 Å². The molecule has 0 aliphatic heterocycles. The van der Waals surface area contributed by atoms with Crippen LogP contribution < -0.4 is 10.6 Å². The molecule has 3 heteroatoms. The van der Waals surface area contributed by atoms with Crippen LogP contribution >= 0.6 is 0 Å². The van der Waals surface area contributed by atoms with Crippen molar-refractivity contribution in [3.63, 3.8) is 0 Å². The van der Waals surface area contributed by atoms with Gasteiger partial charge in [-0.05, 0) is 35.8 Å². The van der Waals surface area contributed by atoms with Gasteiger partial charge in [0.25, 0.3) is 0 Å². The topological polar surface area (TPSA) is 41.1 Å². The average Bonchev–Trinajstić information content (AvgIpc) is 3.19. The lowest BCUT2D eigenvalue weighted by Gasteiger charge is -2.23. The number of nitrogens with one attached hydrogen (secondary N) is 2. The molecule has 0 bridgehead atoms. The molecule has 2 amide bonds. The quantitative estimate of drug-likeness (QED) is 0.838. The largest absolute Gasteiger partial charge is 0.335 e. The van der Waals surface area contributed by atoms with E-state index in [0.717, 1.165) is 12.8 Å². The van der Waals surface area contributed by atoms with E-state index < -0.39 is 0 Å². The number of carbonyl (C=O) groups is 1. The predicted octanol–water partition coefficient (Wildman–Crippen LogP) is 3.97. The molecule has 0 aromatic heterocycles. The second kappa shape index (κ2) is 6.29. The lowest BCUT2D eigenvalue weighted by molar-refractivity contribution is 0.232. The van der Waals surface area contributed by atoms with Gasteiger partial charge in [0.15, 0.2) is 0 Å². The molecule has 0 spiro atoms. The predicted molar refractivity (Wildman–Crippen MR) is 82.8 cm³/mol. The van der Waals surface area contributed by atoms with Gasteiger partial charge in [-0.15, -0.1) is 0 Å². The monoisotopic (exact) mass is 274 g/mol. The Morgan fingerprint density at radius 3 is 2.05 bits per heavy atom. The second-order valence-electron chi connectivity index (χ2n) is 6.44. The van der Waals surface area contributed by atoms with Crippen molar-refractivity contribution in [1.29, 1.82) is 0 Å². The number of urea groups is 1. The molecular weight excluding hydrogens is 248 g/mol. The van der Waals surface area contributed by atoms with E-state index in [0.29, 0.717) is 17.9 Å². The molecule has 110 valence electrons. The zero-order valence-electron chi connectivity index (χ0n) is 12.9. The molecule has 1 aliphatic carbocycles. The molecule has 3 nitrogen and oxygen atoms in total. The van der Waals surface area contributed by atoms with Crippen molar-refractivity contribution < 1.29 is 4.79 Å². The maximum absolute atomic E-state index is 11.9. The van der Waals surface area contributed by atoms with Crippen LogP contribution in [0, 0.1) is 5.92 Å². The number of rotatable bonds is 5. The van der Waals surface area contributed by atoms with Gasteiger partial charge in [0, 0.05) is 6.04 Å². The molecule has 0 heterocycles. The first-order valence-electron chi connectivity index (χ1n) is 7.64. The molecule has 1 aliphatic rings. The summed E-state index contributed by atoms with van der Waals surface area (Å²) in [4.78, 5) is 11.9. The standard InChI is InChI=1S/C17H26N2O/c1-11(2)13-5-7-14(8-6-13)16(12(3)4)19-17(20)18-15-9-10-15/h5-8,11-12,15-16H,9-10H2,1-4H3,(H2,18,19,20). The highest BCUT2D eigenvalue weighted by atomic mass is 16.2. The highest BCUT2D eigenvalue weighted by Crippen LogP contribution is 2.24. The molecule has 1 fully saturated rings. The Bertz CT molecular complexity index is 447. The molecule has 0 radical (unpaired) electrons. The Morgan fingerprint density at radius 2 is 1.60 bits per heavy atom. The van der Waals surface area contributed by atoms with Crippen LogP contribution in [0.2, 0.25) is 0 Å². The summed E-state index contributed by atoms with van der Waals surface area (Å²) in [6, 6.07) is 9.01. The average molecular weight is 274 g/mol. The molecule has 1 saturated carbocycles. The van der Waals surface area contributed by atoms with E-state index in [1.807, 2.05) is 0 Å². The van der Waals surface area contributed by atoms with Gasteiger partial charge in [0.2, 0.25) is 0 Å². The molecule has 20 heavy (non-hydrogen) atoms. The molecule has 1 atom stereocenters. The minimum absolute atomic E-state index is 0.0425. The van der Waals surface area contributed by atoms with Crippen LogP contribution in [0.3, 0.4) is 0 Å². The first kappa shape index (κ1) is 14.9. The van der Waals surface area contributed by atoms with Crippen molar-refractivity contribution in [2.24, 2.45) is 5.92 Å². The molecule has 1 unspecified atom stereocenters. The summed E-state index contributed by atoms with van der Waals surface area (Å²) in [5.74, 6) is 0.900. The van der Waals surface area contributed by atoms with Gasteiger partial charge in [-0.1, -0.05) is 52.0 Å². The van der Waals surface area contributed by atoms with Crippen molar-refractivity contribution >= 4 is 6.03 Å². The third kappa shape index (κ3) is 3.99. The summed E-state index contributed by atoms with van der Waals surface area (Å²) < 4.78 is 0. The van der Waals surface area contributed by atoms with Gasteiger partial charge in [-0.3, -0.25) is 0 Å². The first-order valence-corrected chi connectivity index (χ1v) is 7.64. The number of benzene rings is 1. The summed E-state index contributed by atoms with van der Waals surface area (Å²) in [5.41, 5.74) is 2.51. The summed E-state index contributed by atoms with van der Waals surface area (Å²) >= 11 is 0. The Hall–Kier alpha value is -1.51. The van der Waals surface area contributed by atoms with Crippen molar-refractivity contribution in [3.05, 3.63) is 35.4 Å². The van der Waals surface area contributed by atoms with E-state index in [1.165, 1.54) is 11.1 Å². The summed E-state index contributed by atoms with van der Waals surface area (Å²) in [5, 5.41) is 6.09. The van der Waals surface area contributed by atoms with Gasteiger partial charge in [-0.2, -0.15) is 0 Å². The molecule has 2 N–H and O–H groups in total. The second-order valence-corrected chi connectivity index (χ2v) is 6.44. The van der Waals surface area contributed by atoms with Crippen LogP contribution in [0.4, 0.5) is 4.79 Å². The first-order chi connectivity index (χ1) is 9.47. The smallest absolute Gasteiger partial charge is 0.315 e. The van der Waals surface area contributed by atoms with E-state index in [1.54, 1.807) is 0 Å². The molecule has 1 aromatic carbocycles. The molecule has 2 rings (SSSR count). The maximum atomic E-state index is 11.9. The lowest BCUT2D eigenvalue weighted by Crippen LogP contribution is -2.40. The Labute approximate surface area is 122 Å². The van der Waals surface area contributed by atoms with Gasteiger partial charge < -0.3 is 10.6 Å². The van der Waals surface area contributed by atoms with Crippen molar-refractivity contribution in [1.82, 2.24) is 10.6 Å². The third-order valence-electron chi connectivity index (χ3n) is 3.83. The summed E-state index contributed by atoms with van der Waals surface area (Å²) in [7, 11) is 0. The van der Waals surface area contributed by atoms with Crippen molar-refractivity contribution in [2.45, 2.75) is 58.5 Å². The van der Waals surface area contributed by atoms with Gasteiger partial charge >= 0.3 is 6.03 Å². The van der Waals surface area contributed by atoms with E-state index >= 15 is 0 Å². The van der Waals surface area contributed by atoms with E-state index in [4.69, 9.17) is 0 Å². The molecular formula is C17H26N2O. The van der Waals surface area contributed by atoms with Crippen LogP contribution in [0.25, 0.3) is 0 Å². The van der Waals surface area contributed by atoms with Gasteiger partial charge in [0.1, 0.15) is 0 Å². The zero-order valence-corrected chi connectivity index (χ0v) is 12.9. The van der Waals surface area contributed by atoms with Crippen LogP contribution in [0.5, 0.6) is 0 Å². The van der Waals surface area contributed by atoms with Crippen LogP contribution in [0.15, 0.2) is 24.3 Å². The van der Waals surface area contributed by atoms with E-state index in [9.17, 15) is 4.79 Å². The highest BCUT2D eigenvalue weighted by molar-refractivity contribution is 5.75. The number of carbonyl (C=O) groups excluding carboxylic acids is 1. The number of hydrogen-bond donors (Lipinski definition) is 2. The minimum atomic E-state index is -0.0425. The lowest BCUT2D eigenvalue weighted by atomic mass is 9.93. The van der Waals surface area contributed by atoms with Crippen LogP contribution in [-0.2, 0) is 0 Å². The SMILES string of the molecule is CC(C)c1ccc(C(NC(=O)NC2CC2)C(C)C)cc1. The fraction of sp³-hybridized carbons (Fsp3) is 0.588. The summed E-state index contributed by atoms with van der Waals surface area (Å²) in [6.07, 6.45) is 2.23. The highest BCUT2D eigenvalue weighted by Gasteiger charge is 2.25. The van der Waals surface area contributed by atoms with Crippen LogP contribution in [0.1, 0.15) is 63.6 Å². The number of amides is 2. The molecule has 0 saturated heterocycles. The number of hydrogen-bond acceptors (Lipinski definition) is 1. The maximum Gasteiger partial charge on any atom is 0.315 e. The fourth-order valence-corrected chi connectivity index (χ4v) is 2.32. The minimum Gasteiger partial charge on any atom is -0.335 e. The third-order valence-corrected chi connectivity index (χ3v) is 3.83. The van der Waals surface area contributed by atoms with E-state index in [-0.39, 0.29) is 12.1 Å². The molecule has 1 aromatic rings. The van der Waals surface area contributed by atoms with E-state index in [2.05, 4.69) is 62.6 Å². The summed E-state index contributed by atoms with van der Waals surface area (Å²) in [6.45, 7) is 8.66. The fourth-order valence-electron chi connectivity index (χ4n) is 2.32. The van der Waals surface area contributed by atoms with Gasteiger partial charge in [-0.25, -0.2) is 4.79 Å². The van der Waals surface area contributed by atoms with Gasteiger partial charge in [0.05, 0.1) is 6.04 Å². The Morgan fingerprint density at radius 1 is 1.05 bits per heavy atom.